The Hall–Kier alpha value is -0.790. The molecule has 0 aliphatic carbocycles. The fourth-order valence-electron chi connectivity index (χ4n) is 2.83. The fourth-order valence-corrected chi connectivity index (χ4v) is 3.71. The monoisotopic (exact) mass is 398 g/mol. The molecule has 8 heteroatoms. The highest BCUT2D eigenvalue weighted by Gasteiger charge is 2.32. The minimum atomic E-state index is -4.31. The Labute approximate surface area is 155 Å². The molecule has 1 N–H and O–H groups in total. The zero-order valence-electron chi connectivity index (χ0n) is 12.8. The van der Waals surface area contributed by atoms with Crippen LogP contribution in [0.5, 0.6) is 0 Å². The molecule has 1 fully saturated rings. The zero-order valence-corrected chi connectivity index (χ0v) is 15.2. The summed E-state index contributed by atoms with van der Waals surface area (Å²) < 4.78 is 39.0. The van der Waals surface area contributed by atoms with Crippen molar-refractivity contribution in [3.05, 3.63) is 57.8 Å². The van der Waals surface area contributed by atoms with Gasteiger partial charge in [0.15, 0.2) is 0 Å². The Morgan fingerprint density at radius 3 is 2.33 bits per heavy atom. The molecule has 3 rings (SSSR count). The topological polar surface area (TPSA) is 15.3 Å². The van der Waals surface area contributed by atoms with Gasteiger partial charge in [-0.15, -0.1) is 36.2 Å². The van der Waals surface area contributed by atoms with Gasteiger partial charge in [-0.2, -0.15) is 13.2 Å². The quantitative estimate of drug-likeness (QED) is 0.812. The summed E-state index contributed by atoms with van der Waals surface area (Å²) in [6, 6.07) is 9.55. The van der Waals surface area contributed by atoms with Gasteiger partial charge in [-0.3, -0.25) is 4.90 Å². The highest BCUT2D eigenvalue weighted by molar-refractivity contribution is 7.10. The molecule has 0 amide bonds. The lowest BCUT2D eigenvalue weighted by atomic mass is 10.00. The van der Waals surface area contributed by atoms with E-state index in [1.54, 1.807) is 17.4 Å². The van der Waals surface area contributed by atoms with Crippen LogP contribution in [-0.4, -0.2) is 31.1 Å². The Bertz CT molecular complexity index is 614. The summed E-state index contributed by atoms with van der Waals surface area (Å²) in [6.45, 7) is 3.39. The van der Waals surface area contributed by atoms with Crippen molar-refractivity contribution >= 4 is 36.2 Å². The molecular weight excluding hydrogens is 380 g/mol. The van der Waals surface area contributed by atoms with Crippen LogP contribution in [0.1, 0.15) is 22.0 Å². The predicted molar refractivity (Wildman–Crippen MR) is 96.5 cm³/mol. The van der Waals surface area contributed by atoms with Crippen LogP contribution in [0, 0.1) is 0 Å². The molecule has 1 aromatic carbocycles. The number of benzene rings is 1. The van der Waals surface area contributed by atoms with E-state index in [9.17, 15) is 13.2 Å². The van der Waals surface area contributed by atoms with Crippen molar-refractivity contribution in [1.29, 1.82) is 0 Å². The first-order valence-electron chi connectivity index (χ1n) is 7.21. The second-order valence-corrected chi connectivity index (χ2v) is 6.31. The summed E-state index contributed by atoms with van der Waals surface area (Å²) >= 11 is 1.59. The largest absolute Gasteiger partial charge is 0.416 e. The van der Waals surface area contributed by atoms with Gasteiger partial charge >= 0.3 is 6.18 Å². The molecule has 1 aliphatic heterocycles. The van der Waals surface area contributed by atoms with Gasteiger partial charge < -0.3 is 5.32 Å². The van der Waals surface area contributed by atoms with Crippen LogP contribution >= 0.6 is 36.2 Å². The molecule has 134 valence electrons. The van der Waals surface area contributed by atoms with Gasteiger partial charge in [0.25, 0.3) is 0 Å². The number of nitrogens with zero attached hydrogens (tertiary/aromatic N) is 1. The minimum absolute atomic E-state index is 0. The van der Waals surface area contributed by atoms with Gasteiger partial charge in [-0.1, -0.05) is 18.2 Å². The van der Waals surface area contributed by atoms with Crippen LogP contribution in [0.25, 0.3) is 0 Å². The van der Waals surface area contributed by atoms with Gasteiger partial charge in [-0.05, 0) is 29.1 Å². The van der Waals surface area contributed by atoms with E-state index in [1.807, 2.05) is 17.5 Å². The predicted octanol–water partition coefficient (Wildman–Crippen LogP) is 4.61. The standard InChI is InChI=1S/C16H17F3N2S.2ClH/c17-16(18,19)13-4-1-3-12(11-13)15(14-5-2-10-22-14)21-8-6-20-7-9-21;;/h1-5,10-11,15,20H,6-9H2;2*1H/t15-;;/m0../s1. The number of halogens is 5. The first-order chi connectivity index (χ1) is 10.6. The zero-order chi connectivity index (χ0) is 15.6. The van der Waals surface area contributed by atoms with Crippen LogP contribution in [0.4, 0.5) is 13.2 Å². The van der Waals surface area contributed by atoms with Gasteiger partial charge in [0, 0.05) is 31.1 Å². The van der Waals surface area contributed by atoms with E-state index in [0.29, 0.717) is 5.56 Å². The number of piperazine rings is 1. The molecule has 2 nitrogen and oxygen atoms in total. The maximum absolute atomic E-state index is 13.0. The fraction of sp³-hybridized carbons (Fsp3) is 0.375. The first-order valence-corrected chi connectivity index (χ1v) is 8.09. The average Bonchev–Trinajstić information content (AvgIpc) is 3.02. The van der Waals surface area contributed by atoms with E-state index in [-0.39, 0.29) is 30.9 Å². The minimum Gasteiger partial charge on any atom is -0.314 e. The number of alkyl halides is 3. The van der Waals surface area contributed by atoms with E-state index in [1.165, 1.54) is 12.1 Å². The molecule has 24 heavy (non-hydrogen) atoms. The highest BCUT2D eigenvalue weighted by atomic mass is 35.5. The normalized spacial score (nSPS) is 16.8. The third-order valence-electron chi connectivity index (χ3n) is 3.86. The maximum Gasteiger partial charge on any atom is 0.416 e. The lowest BCUT2D eigenvalue weighted by molar-refractivity contribution is -0.137. The van der Waals surface area contributed by atoms with E-state index in [0.717, 1.165) is 37.1 Å². The van der Waals surface area contributed by atoms with Gasteiger partial charge in [0.2, 0.25) is 0 Å². The summed E-state index contributed by atoms with van der Waals surface area (Å²) in [6.07, 6.45) is -4.31. The van der Waals surface area contributed by atoms with Crippen molar-refractivity contribution in [1.82, 2.24) is 10.2 Å². The number of thiophene rings is 1. The number of hydrogen-bond acceptors (Lipinski definition) is 3. The maximum atomic E-state index is 13.0. The summed E-state index contributed by atoms with van der Waals surface area (Å²) in [5, 5.41) is 5.25. The summed E-state index contributed by atoms with van der Waals surface area (Å²) in [5.41, 5.74) is 0.126. The molecule has 2 heterocycles. The number of hydrogen-bond donors (Lipinski definition) is 1. The van der Waals surface area contributed by atoms with Gasteiger partial charge in [0.1, 0.15) is 0 Å². The highest BCUT2D eigenvalue weighted by Crippen LogP contribution is 2.35. The molecule has 1 saturated heterocycles. The van der Waals surface area contributed by atoms with Crippen molar-refractivity contribution < 1.29 is 13.2 Å². The van der Waals surface area contributed by atoms with Crippen LogP contribution in [-0.2, 0) is 6.18 Å². The Morgan fingerprint density at radius 1 is 1.04 bits per heavy atom. The van der Waals surface area contributed by atoms with E-state index < -0.39 is 11.7 Å². The Balaban J connectivity index is 0.00000144. The van der Waals surface area contributed by atoms with Crippen molar-refractivity contribution in [2.75, 3.05) is 26.2 Å². The lowest BCUT2D eigenvalue weighted by Crippen LogP contribution is -2.45. The molecule has 0 spiro atoms. The number of nitrogens with one attached hydrogen (secondary N) is 1. The van der Waals surface area contributed by atoms with Crippen molar-refractivity contribution in [3.63, 3.8) is 0 Å². The van der Waals surface area contributed by atoms with Crippen LogP contribution in [0.3, 0.4) is 0 Å². The summed E-state index contributed by atoms with van der Waals surface area (Å²) in [5.74, 6) is 0. The smallest absolute Gasteiger partial charge is 0.314 e. The first kappa shape index (κ1) is 21.3. The molecule has 1 atom stereocenters. The van der Waals surface area contributed by atoms with Crippen molar-refractivity contribution in [2.45, 2.75) is 12.2 Å². The molecule has 1 aliphatic rings. The molecule has 2 aromatic rings. The Morgan fingerprint density at radius 2 is 1.75 bits per heavy atom. The molecule has 0 unspecified atom stereocenters. The second-order valence-electron chi connectivity index (χ2n) is 5.33. The third kappa shape index (κ3) is 4.86. The Kier molecular flexibility index (Phi) is 8.02. The molecule has 0 radical (unpaired) electrons. The number of rotatable bonds is 3. The average molecular weight is 399 g/mol. The van der Waals surface area contributed by atoms with Crippen molar-refractivity contribution in [3.8, 4) is 0 Å². The SMILES string of the molecule is Cl.Cl.FC(F)(F)c1cccc([C@@H](c2cccs2)N2CCNCC2)c1. The second kappa shape index (κ2) is 9.06. The summed E-state index contributed by atoms with van der Waals surface area (Å²) in [4.78, 5) is 3.33. The summed E-state index contributed by atoms with van der Waals surface area (Å²) in [7, 11) is 0. The molecule has 0 bridgehead atoms. The van der Waals surface area contributed by atoms with Crippen LogP contribution in [0.15, 0.2) is 41.8 Å². The van der Waals surface area contributed by atoms with Gasteiger partial charge in [0.05, 0.1) is 11.6 Å². The van der Waals surface area contributed by atoms with E-state index in [2.05, 4.69) is 10.2 Å². The molecule has 1 aromatic heterocycles. The lowest BCUT2D eigenvalue weighted by Gasteiger charge is -2.35. The van der Waals surface area contributed by atoms with Crippen molar-refractivity contribution in [2.24, 2.45) is 0 Å². The van der Waals surface area contributed by atoms with Crippen LogP contribution < -0.4 is 5.32 Å². The van der Waals surface area contributed by atoms with E-state index >= 15 is 0 Å². The van der Waals surface area contributed by atoms with E-state index in [4.69, 9.17) is 0 Å². The molecule has 0 saturated carbocycles. The molecular formula is C16H19Cl2F3N2S. The third-order valence-corrected chi connectivity index (χ3v) is 4.78. The van der Waals surface area contributed by atoms with Gasteiger partial charge in [-0.25, -0.2) is 0 Å². The van der Waals surface area contributed by atoms with Crippen LogP contribution in [0.2, 0.25) is 0 Å².